The van der Waals surface area contributed by atoms with Crippen molar-refractivity contribution in [3.8, 4) is 18.2 Å². The molecule has 3 aromatic carbocycles. The van der Waals surface area contributed by atoms with E-state index in [1.807, 2.05) is 115 Å². The van der Waals surface area contributed by atoms with Crippen LogP contribution >= 0.6 is 11.6 Å². The quantitative estimate of drug-likeness (QED) is 0.0632. The van der Waals surface area contributed by atoms with E-state index in [1.165, 1.54) is 0 Å². The molecule has 0 spiro atoms. The Hall–Kier alpha value is -10.8. The third-order valence-electron chi connectivity index (χ3n) is 20.8. The third kappa shape index (κ3) is 22.6. The van der Waals surface area contributed by atoms with Crippen LogP contribution in [0.3, 0.4) is 0 Å². The number of nitrogens with one attached hydrogen (secondary N) is 5. The van der Waals surface area contributed by atoms with Crippen molar-refractivity contribution >= 4 is 85.5 Å². The zero-order valence-corrected chi connectivity index (χ0v) is 67.8. The Morgan fingerprint density at radius 3 is 1.08 bits per heavy atom. The molecular weight excluding hydrogens is 1460 g/mol. The van der Waals surface area contributed by atoms with Crippen LogP contribution in [0.25, 0.3) is 32.7 Å². The molecular formula is C85H107ClN24O4. The van der Waals surface area contributed by atoms with E-state index in [1.54, 1.807) is 40.8 Å². The average molecular weight is 1560 g/mol. The number of amides is 2. The number of aromatic nitrogens is 9. The summed E-state index contributed by atoms with van der Waals surface area (Å²) in [5.41, 5.74) is 9.83. The second-order valence-corrected chi connectivity index (χ2v) is 32.8. The Kier molecular flexibility index (Phi) is 28.2. The second-order valence-electron chi connectivity index (χ2n) is 32.5. The van der Waals surface area contributed by atoms with E-state index in [9.17, 15) is 25.4 Å². The number of anilines is 5. The molecule has 12 heterocycles. The number of carbonyl (C=O) groups is 2. The van der Waals surface area contributed by atoms with E-state index >= 15 is 0 Å². The zero-order valence-electron chi connectivity index (χ0n) is 67.1. The third-order valence-corrected chi connectivity index (χ3v) is 21.0. The predicted octanol–water partition coefficient (Wildman–Crippen LogP) is 10.7. The topological polar surface area (TPSA) is 323 Å². The summed E-state index contributed by atoms with van der Waals surface area (Å²) in [7, 11) is 0. The van der Waals surface area contributed by atoms with Gasteiger partial charge < -0.3 is 70.4 Å². The fourth-order valence-corrected chi connectivity index (χ4v) is 15.6. The molecule has 0 bridgehead atoms. The number of carbonyl (C=O) groups excluding carboxylic acids is 2. The summed E-state index contributed by atoms with van der Waals surface area (Å²) in [6.45, 7) is 35.5. The van der Waals surface area contributed by atoms with Crippen molar-refractivity contribution in [2.75, 3.05) is 142 Å². The molecule has 114 heavy (non-hydrogen) atoms. The first-order valence-corrected chi connectivity index (χ1v) is 40.2. The highest BCUT2D eigenvalue weighted by atomic mass is 35.5. The van der Waals surface area contributed by atoms with Gasteiger partial charge in [-0.1, -0.05) is 20.8 Å². The largest absolute Gasteiger partial charge is 0.444 e. The predicted molar refractivity (Wildman–Crippen MR) is 446 cm³/mol. The Bertz CT molecular complexity index is 4820. The van der Waals surface area contributed by atoms with Crippen LogP contribution in [0.1, 0.15) is 115 Å². The SMILES string of the molecule is CC(C)(C)OC(=O)N1CCNCC1.C[C@H]1C[C@@H](NCc2cnc(Cl)nc2)CN(c2ccc(C#N)c3ncccc23)C1.C[C@H]1C[C@@H](NCc2cnc(N3CCN(C(=O)OC(C)(C)C)CC3)nc2)CN(c2ccc(C#N)c3ncccc23)C1.C[C@H]1C[C@@H](NCc2cnc(N3CCNCC3)nc2)CN(c2ccc(C#N)c3ncccc23)C1. The number of fused-ring (bicyclic) bond motifs is 3. The fraction of sp³-hybridized carbons (Fsp3) is 0.482. The highest BCUT2D eigenvalue weighted by Gasteiger charge is 2.32. The first-order chi connectivity index (χ1) is 55.0. The van der Waals surface area contributed by atoms with Gasteiger partial charge in [0.15, 0.2) is 0 Å². The van der Waals surface area contributed by atoms with Crippen LogP contribution in [-0.2, 0) is 29.1 Å². The maximum Gasteiger partial charge on any atom is 0.410 e. The van der Waals surface area contributed by atoms with Gasteiger partial charge in [0.25, 0.3) is 0 Å². The molecule has 15 rings (SSSR count). The van der Waals surface area contributed by atoms with Crippen LogP contribution in [0, 0.1) is 51.7 Å². The minimum Gasteiger partial charge on any atom is -0.444 e. The van der Waals surface area contributed by atoms with Crippen molar-refractivity contribution in [1.82, 2.24) is 81.2 Å². The molecule has 6 saturated heterocycles. The summed E-state index contributed by atoms with van der Waals surface area (Å²) >= 11 is 5.76. The lowest BCUT2D eigenvalue weighted by molar-refractivity contribution is 0.0223. The number of hydrogen-bond acceptors (Lipinski definition) is 26. The standard InChI is InChI=1S/C30H38N8O2.C25H30N8.C21H21ClN6.C9H18N2O2/c1-21-14-24(20-38(19-21)26-8-7-23(15-31)27-25(26)6-5-9-32-27)33-16-22-17-34-28(35-18-22)36-10-12-37(13-11-36)29(39)40-30(2,3)4;1-18-11-21(29-13-19-14-30-25(31-15-19)32-9-7-27-8-10-32)17-33(16-18)23-5-4-20(12-26)24-22(23)3-2-6-28-24;1-14-7-17(25-9-15-10-26-21(22)27-11-15)13-28(12-14)19-5-4-16(8-23)20-18(19)3-2-6-24-20;1-9(2,3)13-8(12)11-6-4-10-5-7-11/h5-9,17-18,21,24,33H,10-14,16,19-20H2,1-4H3;2-6,14-15,18,21,27,29H,7-11,13,16-17H2,1H3;2-6,10-11,14,17,25H,7,9,12-13H2,1H3;10H,4-7H2,1-3H3/t21-,24+;18-,21+;14-,17+;/m000./s1. The molecule has 5 N–H and O–H groups in total. The van der Waals surface area contributed by atoms with Crippen LogP contribution in [0.2, 0.25) is 5.28 Å². The number of piperidine rings is 3. The average Bonchev–Trinajstić information content (AvgIpc) is 0.792. The Labute approximate surface area is 674 Å². The molecule has 598 valence electrons. The van der Waals surface area contributed by atoms with Gasteiger partial charge in [0.2, 0.25) is 17.2 Å². The molecule has 6 atom stereocenters. The van der Waals surface area contributed by atoms with Crippen molar-refractivity contribution < 1.29 is 19.1 Å². The van der Waals surface area contributed by atoms with Gasteiger partial charge in [-0.05, 0) is 163 Å². The summed E-state index contributed by atoms with van der Waals surface area (Å²) in [5, 5.41) is 49.3. The van der Waals surface area contributed by atoms with Gasteiger partial charge in [0.05, 0.1) is 33.2 Å². The summed E-state index contributed by atoms with van der Waals surface area (Å²) in [4.78, 5) is 78.8. The van der Waals surface area contributed by atoms with Gasteiger partial charge in [-0.15, -0.1) is 0 Å². The number of halogens is 1. The van der Waals surface area contributed by atoms with Crippen LogP contribution in [0.4, 0.5) is 38.5 Å². The maximum atomic E-state index is 12.3. The Morgan fingerprint density at radius 2 is 0.746 bits per heavy atom. The second kappa shape index (κ2) is 38.8. The van der Waals surface area contributed by atoms with Gasteiger partial charge in [0.1, 0.15) is 29.4 Å². The number of pyridine rings is 3. The first-order valence-electron chi connectivity index (χ1n) is 39.8. The molecule has 6 aliphatic rings. The molecule has 6 aliphatic heterocycles. The normalized spacial score (nSPS) is 20.0. The molecule has 6 aromatic heterocycles. The summed E-state index contributed by atoms with van der Waals surface area (Å²) in [5.74, 6) is 3.14. The molecule has 0 aliphatic carbocycles. The first kappa shape index (κ1) is 82.7. The van der Waals surface area contributed by atoms with E-state index in [2.05, 4.69) is 159 Å². The van der Waals surface area contributed by atoms with Crippen molar-refractivity contribution in [1.29, 1.82) is 15.8 Å². The zero-order chi connectivity index (χ0) is 80.3. The summed E-state index contributed by atoms with van der Waals surface area (Å²) in [6.07, 6.45) is 19.3. The van der Waals surface area contributed by atoms with Gasteiger partial charge >= 0.3 is 12.2 Å². The number of hydrogen-bond donors (Lipinski definition) is 5. The molecule has 29 heteroatoms. The molecule has 28 nitrogen and oxygen atoms in total. The number of rotatable bonds is 14. The summed E-state index contributed by atoms with van der Waals surface area (Å²) in [6, 6.07) is 31.6. The number of piperazine rings is 3. The van der Waals surface area contributed by atoms with E-state index in [-0.39, 0.29) is 23.1 Å². The minimum atomic E-state index is -0.495. The molecule has 2 amide bonds. The van der Waals surface area contributed by atoms with Gasteiger partial charge in [-0.3, -0.25) is 15.0 Å². The number of nitriles is 3. The van der Waals surface area contributed by atoms with Crippen LogP contribution < -0.4 is 51.1 Å². The number of benzene rings is 3. The van der Waals surface area contributed by atoms with Crippen molar-refractivity contribution in [3.05, 3.63) is 167 Å². The van der Waals surface area contributed by atoms with Crippen LogP contribution in [0.5, 0.6) is 0 Å². The molecule has 6 fully saturated rings. The van der Waals surface area contributed by atoms with E-state index in [0.29, 0.717) is 97.8 Å². The lowest BCUT2D eigenvalue weighted by Crippen LogP contribution is -2.50. The lowest BCUT2D eigenvalue weighted by Gasteiger charge is -2.39. The highest BCUT2D eigenvalue weighted by Crippen LogP contribution is 2.35. The minimum absolute atomic E-state index is 0.200. The maximum absolute atomic E-state index is 12.3. The van der Waals surface area contributed by atoms with Crippen LogP contribution in [-0.4, -0.2) is 214 Å². The van der Waals surface area contributed by atoms with Crippen molar-refractivity contribution in [2.24, 2.45) is 17.8 Å². The Balaban J connectivity index is 0.000000148. The highest BCUT2D eigenvalue weighted by molar-refractivity contribution is 6.28. The van der Waals surface area contributed by atoms with Crippen molar-refractivity contribution in [2.45, 2.75) is 131 Å². The van der Waals surface area contributed by atoms with E-state index in [4.69, 9.17) is 21.1 Å². The van der Waals surface area contributed by atoms with Gasteiger partial charge in [-0.25, -0.2) is 39.5 Å². The summed E-state index contributed by atoms with van der Waals surface area (Å²) < 4.78 is 10.7. The molecule has 9 aromatic rings. The Morgan fingerprint density at radius 1 is 0.430 bits per heavy atom. The van der Waals surface area contributed by atoms with E-state index < -0.39 is 5.60 Å². The van der Waals surface area contributed by atoms with Crippen molar-refractivity contribution in [3.63, 3.8) is 0 Å². The van der Waals surface area contributed by atoms with Gasteiger partial charge in [-0.2, -0.15) is 15.8 Å². The lowest BCUT2D eigenvalue weighted by atomic mass is 9.94. The smallest absolute Gasteiger partial charge is 0.410 e. The molecule has 0 unspecified atom stereocenters. The van der Waals surface area contributed by atoms with Gasteiger partial charge in [0, 0.05) is 261 Å². The van der Waals surface area contributed by atoms with Crippen LogP contribution in [0.15, 0.2) is 129 Å². The molecule has 0 radical (unpaired) electrons. The number of ether oxygens (including phenoxy) is 2. The van der Waals surface area contributed by atoms with E-state index in [0.717, 1.165) is 190 Å². The molecule has 0 saturated carbocycles. The monoisotopic (exact) mass is 1560 g/mol. The number of nitrogens with zero attached hydrogens (tertiary/aromatic N) is 19. The fourth-order valence-electron chi connectivity index (χ4n) is 15.5.